The quantitative estimate of drug-likeness (QED) is 0.376. The van der Waals surface area contributed by atoms with Crippen LogP contribution in [0.2, 0.25) is 0 Å². The highest BCUT2D eigenvalue weighted by Crippen LogP contribution is 2.25. The summed E-state index contributed by atoms with van der Waals surface area (Å²) in [5.41, 5.74) is 3.14. The summed E-state index contributed by atoms with van der Waals surface area (Å²) in [7, 11) is 1.71. The number of carbonyl (C=O) groups is 1. The van der Waals surface area contributed by atoms with Crippen LogP contribution >= 0.6 is 0 Å². The molecule has 0 saturated carbocycles. The summed E-state index contributed by atoms with van der Waals surface area (Å²) < 4.78 is 26.7. The van der Waals surface area contributed by atoms with E-state index in [0.29, 0.717) is 34.1 Å². The van der Waals surface area contributed by atoms with Gasteiger partial charge in [-0.15, -0.1) is 0 Å². The largest absolute Gasteiger partial charge is 0.362 e. The van der Waals surface area contributed by atoms with Crippen LogP contribution in [0.4, 0.5) is 20.4 Å². The summed E-state index contributed by atoms with van der Waals surface area (Å²) in [6, 6.07) is 9.57. The van der Waals surface area contributed by atoms with Gasteiger partial charge in [0.15, 0.2) is 5.82 Å². The van der Waals surface area contributed by atoms with E-state index in [2.05, 4.69) is 43.6 Å². The lowest BCUT2D eigenvalue weighted by atomic mass is 10.1. The Hall–Kier alpha value is -3.53. The van der Waals surface area contributed by atoms with Gasteiger partial charge in [0.2, 0.25) is 0 Å². The number of benzene rings is 1. The lowest BCUT2D eigenvalue weighted by Gasteiger charge is -2.19. The maximum atomic E-state index is 12.9. The van der Waals surface area contributed by atoms with Gasteiger partial charge in [0.05, 0.1) is 17.6 Å². The third-order valence-corrected chi connectivity index (χ3v) is 6.40. The molecule has 5 rings (SSSR count). The zero-order chi connectivity index (χ0) is 23.8. The van der Waals surface area contributed by atoms with Crippen LogP contribution in [-0.2, 0) is 13.6 Å². The van der Waals surface area contributed by atoms with E-state index in [0.717, 1.165) is 29.7 Å². The Balaban J connectivity index is 1.32. The molecule has 1 saturated heterocycles. The number of aryl methyl sites for hydroxylation is 1. The SMILES string of the molecule is C[C@H]1CCCN1Cc1cc2cnc(NC(=O)c3ccc4c(NCC(F)F)nn(C)c4c3)cc2[nH]1. The smallest absolute Gasteiger partial charge is 0.256 e. The maximum absolute atomic E-state index is 12.9. The summed E-state index contributed by atoms with van der Waals surface area (Å²) >= 11 is 0. The molecule has 10 heteroatoms. The number of aromatic nitrogens is 4. The van der Waals surface area contributed by atoms with Gasteiger partial charge in [0, 0.05) is 53.9 Å². The molecular formula is C24H27F2N7O. The third kappa shape index (κ3) is 4.45. The first-order valence-corrected chi connectivity index (χ1v) is 11.4. The molecule has 1 atom stereocenters. The monoisotopic (exact) mass is 467 g/mol. The van der Waals surface area contributed by atoms with Crippen molar-refractivity contribution >= 4 is 39.3 Å². The van der Waals surface area contributed by atoms with Crippen LogP contribution in [-0.4, -0.2) is 56.1 Å². The lowest BCUT2D eigenvalue weighted by molar-refractivity contribution is 0.102. The summed E-state index contributed by atoms with van der Waals surface area (Å²) in [6.07, 6.45) is 1.74. The number of halogens is 2. The molecule has 0 spiro atoms. The molecule has 8 nitrogen and oxygen atoms in total. The molecule has 1 amide bonds. The molecule has 34 heavy (non-hydrogen) atoms. The average molecular weight is 468 g/mol. The molecule has 0 aliphatic carbocycles. The number of carbonyl (C=O) groups excluding carboxylic acids is 1. The van der Waals surface area contributed by atoms with E-state index in [4.69, 9.17) is 0 Å². The van der Waals surface area contributed by atoms with E-state index < -0.39 is 13.0 Å². The average Bonchev–Trinajstić information content (AvgIpc) is 3.49. The number of anilines is 2. The normalized spacial score (nSPS) is 16.7. The minimum atomic E-state index is -2.48. The van der Waals surface area contributed by atoms with E-state index in [1.54, 1.807) is 36.1 Å². The molecule has 0 unspecified atom stereocenters. The zero-order valence-electron chi connectivity index (χ0n) is 19.1. The standard InChI is InChI=1S/C24H27F2N7O/c1-14-4-3-7-33(14)13-17-8-16-11-27-22(10-19(16)29-17)30-24(34)15-5-6-18-20(9-15)32(2)31-23(18)28-12-21(25)26/h5-6,8-11,14,21,29H,3-4,7,12-13H2,1-2H3,(H,28,31)(H,27,30,34)/t14-/m0/s1. The molecule has 1 aliphatic rings. The van der Waals surface area contributed by atoms with Gasteiger partial charge < -0.3 is 15.6 Å². The van der Waals surface area contributed by atoms with Crippen molar-refractivity contribution in [1.29, 1.82) is 0 Å². The first-order chi connectivity index (χ1) is 16.4. The fraction of sp³-hybridized carbons (Fsp3) is 0.375. The fourth-order valence-corrected chi connectivity index (χ4v) is 4.58. The first-order valence-electron chi connectivity index (χ1n) is 11.4. The van der Waals surface area contributed by atoms with Crippen LogP contribution in [0, 0.1) is 0 Å². The van der Waals surface area contributed by atoms with Gasteiger partial charge >= 0.3 is 0 Å². The molecule has 3 N–H and O–H groups in total. The predicted octanol–water partition coefficient (Wildman–Crippen LogP) is 4.36. The predicted molar refractivity (Wildman–Crippen MR) is 128 cm³/mol. The minimum absolute atomic E-state index is 0.310. The number of fused-ring (bicyclic) bond motifs is 2. The Morgan fingerprint density at radius 2 is 2.15 bits per heavy atom. The van der Waals surface area contributed by atoms with Crippen molar-refractivity contribution in [3.63, 3.8) is 0 Å². The number of H-pyrrole nitrogens is 1. The second kappa shape index (κ2) is 9.02. The van der Waals surface area contributed by atoms with Gasteiger partial charge in [0.25, 0.3) is 12.3 Å². The van der Waals surface area contributed by atoms with Crippen LogP contribution in [0.5, 0.6) is 0 Å². The first kappa shape index (κ1) is 22.3. The summed E-state index contributed by atoms with van der Waals surface area (Å²) in [4.78, 5) is 23.2. The Bertz CT molecular complexity index is 1350. The number of nitrogens with zero attached hydrogens (tertiary/aromatic N) is 4. The molecule has 0 bridgehead atoms. The van der Waals surface area contributed by atoms with Crippen LogP contribution in [0.3, 0.4) is 0 Å². The van der Waals surface area contributed by atoms with Gasteiger partial charge in [-0.05, 0) is 50.6 Å². The van der Waals surface area contributed by atoms with Gasteiger partial charge in [-0.25, -0.2) is 13.8 Å². The molecule has 1 aliphatic heterocycles. The minimum Gasteiger partial charge on any atom is -0.362 e. The van der Waals surface area contributed by atoms with Gasteiger partial charge in [-0.3, -0.25) is 14.4 Å². The molecule has 178 valence electrons. The van der Waals surface area contributed by atoms with Crippen molar-refractivity contribution < 1.29 is 13.6 Å². The molecule has 3 aromatic heterocycles. The highest BCUT2D eigenvalue weighted by Gasteiger charge is 2.21. The van der Waals surface area contributed by atoms with Crippen molar-refractivity contribution in [2.24, 2.45) is 7.05 Å². The maximum Gasteiger partial charge on any atom is 0.256 e. The number of amides is 1. The van der Waals surface area contributed by atoms with Gasteiger partial charge in [-0.2, -0.15) is 5.10 Å². The van der Waals surface area contributed by atoms with Crippen LogP contribution in [0.1, 0.15) is 35.8 Å². The van der Waals surface area contributed by atoms with Crippen molar-refractivity contribution in [2.45, 2.75) is 38.8 Å². The molecule has 1 fully saturated rings. The number of likely N-dealkylation sites (tertiary alicyclic amines) is 1. The highest BCUT2D eigenvalue weighted by atomic mass is 19.3. The van der Waals surface area contributed by atoms with Crippen molar-refractivity contribution in [3.8, 4) is 0 Å². The van der Waals surface area contributed by atoms with E-state index in [1.165, 1.54) is 12.8 Å². The Labute approximate surface area is 195 Å². The van der Waals surface area contributed by atoms with Gasteiger partial charge in [0.1, 0.15) is 5.82 Å². The van der Waals surface area contributed by atoms with Crippen LogP contribution < -0.4 is 10.6 Å². The highest BCUT2D eigenvalue weighted by molar-refractivity contribution is 6.07. The Morgan fingerprint density at radius 3 is 2.91 bits per heavy atom. The number of aromatic amines is 1. The van der Waals surface area contributed by atoms with E-state index in [9.17, 15) is 13.6 Å². The lowest BCUT2D eigenvalue weighted by Crippen LogP contribution is -2.26. The number of nitrogens with one attached hydrogen (secondary N) is 3. The summed E-state index contributed by atoms with van der Waals surface area (Å²) in [5, 5.41) is 11.4. The van der Waals surface area contributed by atoms with E-state index in [-0.39, 0.29) is 5.91 Å². The molecule has 4 aromatic rings. The Kier molecular flexibility index (Phi) is 5.91. The van der Waals surface area contributed by atoms with Gasteiger partial charge in [-0.1, -0.05) is 0 Å². The molecule has 1 aromatic carbocycles. The van der Waals surface area contributed by atoms with Crippen molar-refractivity contribution in [3.05, 3.63) is 47.8 Å². The fourth-order valence-electron chi connectivity index (χ4n) is 4.58. The Morgan fingerprint density at radius 1 is 1.29 bits per heavy atom. The topological polar surface area (TPSA) is 90.9 Å². The van der Waals surface area contributed by atoms with Crippen LogP contribution in [0.15, 0.2) is 36.5 Å². The number of pyridine rings is 1. The van der Waals surface area contributed by atoms with Crippen LogP contribution in [0.25, 0.3) is 21.8 Å². The summed E-state index contributed by atoms with van der Waals surface area (Å²) in [5.74, 6) is 0.502. The number of hydrogen-bond acceptors (Lipinski definition) is 5. The van der Waals surface area contributed by atoms with Crippen molar-refractivity contribution in [1.82, 2.24) is 24.6 Å². The molecule has 4 heterocycles. The van der Waals surface area contributed by atoms with E-state index >= 15 is 0 Å². The zero-order valence-corrected chi connectivity index (χ0v) is 19.1. The molecule has 0 radical (unpaired) electrons. The third-order valence-electron chi connectivity index (χ3n) is 6.40. The number of hydrogen-bond donors (Lipinski definition) is 3. The second-order valence-electron chi connectivity index (χ2n) is 8.84. The second-order valence-corrected chi connectivity index (χ2v) is 8.84. The van der Waals surface area contributed by atoms with E-state index in [1.807, 2.05) is 6.07 Å². The number of alkyl halides is 2. The number of rotatable bonds is 7. The molecular weight excluding hydrogens is 440 g/mol. The van der Waals surface area contributed by atoms with Crippen molar-refractivity contribution in [2.75, 3.05) is 23.7 Å². The summed E-state index contributed by atoms with van der Waals surface area (Å²) in [6.45, 7) is 3.76.